The summed E-state index contributed by atoms with van der Waals surface area (Å²) >= 11 is 0. The number of methoxy groups -OCH3 is 1. The first-order valence-electron chi connectivity index (χ1n) is 13.5. The van der Waals surface area contributed by atoms with Gasteiger partial charge in [0.25, 0.3) is 0 Å². The van der Waals surface area contributed by atoms with Crippen molar-refractivity contribution in [1.29, 1.82) is 0 Å². The van der Waals surface area contributed by atoms with E-state index >= 15 is 0 Å². The van der Waals surface area contributed by atoms with Crippen LogP contribution in [-0.2, 0) is 28.5 Å². The van der Waals surface area contributed by atoms with Crippen molar-refractivity contribution >= 4 is 5.97 Å². The van der Waals surface area contributed by atoms with Crippen molar-refractivity contribution in [2.24, 2.45) is 0 Å². The summed E-state index contributed by atoms with van der Waals surface area (Å²) in [5.41, 5.74) is 0. The van der Waals surface area contributed by atoms with Crippen LogP contribution in [0.1, 0.15) is 84.0 Å². The predicted molar refractivity (Wildman–Crippen MR) is 138 cm³/mol. The van der Waals surface area contributed by atoms with Crippen LogP contribution in [0.15, 0.2) is 12.2 Å². The molecule has 0 radical (unpaired) electrons. The van der Waals surface area contributed by atoms with E-state index in [-0.39, 0.29) is 18.7 Å². The Hall–Kier alpha value is -1.03. The van der Waals surface area contributed by atoms with Gasteiger partial charge in [0.15, 0.2) is 0 Å². The minimum absolute atomic E-state index is 0.0232. The molecule has 2 unspecified atom stereocenters. The molecule has 8 heteroatoms. The summed E-state index contributed by atoms with van der Waals surface area (Å²) in [6.45, 7) is 5.37. The highest BCUT2D eigenvalue weighted by Gasteiger charge is 2.18. The summed E-state index contributed by atoms with van der Waals surface area (Å²) in [7, 11) is 1.43. The average molecular weight is 505 g/mol. The van der Waals surface area contributed by atoms with Crippen molar-refractivity contribution in [3.05, 3.63) is 12.2 Å². The van der Waals surface area contributed by atoms with Gasteiger partial charge in [-0.25, -0.2) is 0 Å². The molecular weight excluding hydrogens is 452 g/mol. The van der Waals surface area contributed by atoms with Crippen LogP contribution in [-0.4, -0.2) is 88.4 Å². The SMILES string of the molecule is CCCCCC(OCCOCCOCCOCCO)C(O)C/C=C/CCCCCCCC(=O)OC. The van der Waals surface area contributed by atoms with Crippen LogP contribution in [0.3, 0.4) is 0 Å². The number of allylic oxidation sites excluding steroid dienone is 1. The fourth-order valence-corrected chi connectivity index (χ4v) is 3.52. The number of hydrogen-bond donors (Lipinski definition) is 2. The normalized spacial score (nSPS) is 13.4. The van der Waals surface area contributed by atoms with Crippen LogP contribution in [0.25, 0.3) is 0 Å². The van der Waals surface area contributed by atoms with E-state index in [9.17, 15) is 9.90 Å². The molecule has 0 aromatic carbocycles. The summed E-state index contributed by atoms with van der Waals surface area (Å²) < 4.78 is 26.6. The van der Waals surface area contributed by atoms with E-state index in [1.54, 1.807) is 0 Å². The van der Waals surface area contributed by atoms with Gasteiger partial charge in [0, 0.05) is 6.42 Å². The van der Waals surface area contributed by atoms with Gasteiger partial charge in [-0.3, -0.25) is 4.79 Å². The molecule has 0 heterocycles. The molecule has 0 saturated heterocycles. The number of hydrogen-bond acceptors (Lipinski definition) is 8. The number of ether oxygens (including phenoxy) is 5. The van der Waals surface area contributed by atoms with E-state index in [4.69, 9.17) is 24.1 Å². The predicted octanol–water partition coefficient (Wildman–Crippen LogP) is 4.20. The fourth-order valence-electron chi connectivity index (χ4n) is 3.52. The number of carbonyl (C=O) groups excluding carboxylic acids is 1. The van der Waals surface area contributed by atoms with Gasteiger partial charge >= 0.3 is 5.97 Å². The Bertz CT molecular complexity index is 472. The first-order chi connectivity index (χ1) is 17.2. The number of unbranched alkanes of at least 4 members (excludes halogenated alkanes) is 7. The molecule has 0 fully saturated rings. The van der Waals surface area contributed by atoms with Gasteiger partial charge < -0.3 is 33.9 Å². The third kappa shape index (κ3) is 24.4. The van der Waals surface area contributed by atoms with Gasteiger partial charge in [-0.15, -0.1) is 0 Å². The lowest BCUT2D eigenvalue weighted by molar-refractivity contribution is -0.140. The molecule has 0 saturated carbocycles. The zero-order valence-electron chi connectivity index (χ0n) is 22.3. The maximum atomic E-state index is 11.1. The maximum absolute atomic E-state index is 11.1. The van der Waals surface area contributed by atoms with Crippen LogP contribution >= 0.6 is 0 Å². The molecule has 0 aromatic rings. The van der Waals surface area contributed by atoms with Gasteiger partial charge in [-0.1, -0.05) is 57.6 Å². The molecule has 0 aliphatic carbocycles. The number of aliphatic hydroxyl groups is 2. The Balaban J connectivity index is 3.89. The largest absolute Gasteiger partial charge is 0.469 e. The van der Waals surface area contributed by atoms with Crippen LogP contribution in [0, 0.1) is 0 Å². The Morgan fingerprint density at radius 2 is 1.43 bits per heavy atom. The maximum Gasteiger partial charge on any atom is 0.305 e. The minimum Gasteiger partial charge on any atom is -0.469 e. The van der Waals surface area contributed by atoms with E-state index in [0.717, 1.165) is 64.2 Å². The summed E-state index contributed by atoms with van der Waals surface area (Å²) in [5, 5.41) is 19.3. The van der Waals surface area contributed by atoms with Crippen LogP contribution in [0.2, 0.25) is 0 Å². The second-order valence-corrected chi connectivity index (χ2v) is 8.62. The fraction of sp³-hybridized carbons (Fsp3) is 0.889. The topological polar surface area (TPSA) is 104 Å². The Morgan fingerprint density at radius 1 is 0.800 bits per heavy atom. The lowest BCUT2D eigenvalue weighted by Gasteiger charge is -2.23. The van der Waals surface area contributed by atoms with Crippen molar-refractivity contribution in [1.82, 2.24) is 0 Å². The molecule has 0 amide bonds. The zero-order valence-corrected chi connectivity index (χ0v) is 22.3. The van der Waals surface area contributed by atoms with E-state index in [1.165, 1.54) is 7.11 Å². The highest BCUT2D eigenvalue weighted by atomic mass is 16.6. The summed E-state index contributed by atoms with van der Waals surface area (Å²) in [6.07, 6.45) is 15.2. The third-order valence-corrected chi connectivity index (χ3v) is 5.58. The van der Waals surface area contributed by atoms with Gasteiger partial charge in [0.1, 0.15) is 0 Å². The quantitative estimate of drug-likeness (QED) is 0.0974. The Labute approximate surface area is 213 Å². The molecule has 35 heavy (non-hydrogen) atoms. The molecule has 0 bridgehead atoms. The Kier molecular flexibility index (Phi) is 26.7. The molecule has 2 atom stereocenters. The van der Waals surface area contributed by atoms with E-state index in [2.05, 4.69) is 23.8 Å². The molecule has 8 nitrogen and oxygen atoms in total. The zero-order chi connectivity index (χ0) is 25.8. The number of esters is 1. The highest BCUT2D eigenvalue weighted by Crippen LogP contribution is 2.14. The minimum atomic E-state index is -0.510. The van der Waals surface area contributed by atoms with Gasteiger partial charge in [-0.2, -0.15) is 0 Å². The molecule has 0 aliphatic rings. The monoisotopic (exact) mass is 504 g/mol. The lowest BCUT2D eigenvalue weighted by Crippen LogP contribution is -2.30. The number of aliphatic hydroxyl groups excluding tert-OH is 2. The third-order valence-electron chi connectivity index (χ3n) is 5.58. The standard InChI is InChI=1S/C27H52O8/c1-3-4-11-15-26(35-24-23-34-22-21-33-20-19-32-18-17-28)25(29)14-12-9-7-5-6-8-10-13-16-27(30)31-2/h9,12,25-26,28-29H,3-8,10-11,13-24H2,1-2H3/b12-9+. The van der Waals surface area contributed by atoms with Crippen LogP contribution in [0.5, 0.6) is 0 Å². The first-order valence-corrected chi connectivity index (χ1v) is 13.5. The van der Waals surface area contributed by atoms with Crippen molar-refractivity contribution in [3.8, 4) is 0 Å². The van der Waals surface area contributed by atoms with Gasteiger partial charge in [0.05, 0.1) is 72.2 Å². The van der Waals surface area contributed by atoms with E-state index in [0.29, 0.717) is 59.1 Å². The van der Waals surface area contributed by atoms with Gasteiger partial charge in [0.2, 0.25) is 0 Å². The highest BCUT2D eigenvalue weighted by molar-refractivity contribution is 5.68. The first kappa shape index (κ1) is 34.0. The van der Waals surface area contributed by atoms with Crippen molar-refractivity contribution in [2.45, 2.75) is 96.2 Å². The number of carbonyl (C=O) groups is 1. The number of rotatable bonds is 27. The Morgan fingerprint density at radius 3 is 2.09 bits per heavy atom. The van der Waals surface area contributed by atoms with Crippen LogP contribution in [0.4, 0.5) is 0 Å². The molecular formula is C27H52O8. The lowest BCUT2D eigenvalue weighted by atomic mass is 10.0. The molecule has 0 spiro atoms. The van der Waals surface area contributed by atoms with Crippen molar-refractivity contribution in [2.75, 3.05) is 60.0 Å². The van der Waals surface area contributed by atoms with Crippen LogP contribution < -0.4 is 0 Å². The molecule has 208 valence electrons. The van der Waals surface area contributed by atoms with Crippen molar-refractivity contribution < 1.29 is 38.7 Å². The molecule has 0 aliphatic heterocycles. The second-order valence-electron chi connectivity index (χ2n) is 8.62. The summed E-state index contributed by atoms with van der Waals surface area (Å²) in [4.78, 5) is 11.1. The second kappa shape index (κ2) is 27.6. The van der Waals surface area contributed by atoms with Gasteiger partial charge in [-0.05, 0) is 32.1 Å². The molecule has 2 N–H and O–H groups in total. The average Bonchev–Trinajstić information content (AvgIpc) is 2.86. The van der Waals surface area contributed by atoms with E-state index < -0.39 is 6.10 Å². The smallest absolute Gasteiger partial charge is 0.305 e. The summed E-state index contributed by atoms with van der Waals surface area (Å²) in [5.74, 6) is -0.126. The molecule has 0 aromatic heterocycles. The van der Waals surface area contributed by atoms with Crippen molar-refractivity contribution in [3.63, 3.8) is 0 Å². The molecule has 0 rings (SSSR count). The van der Waals surface area contributed by atoms with E-state index in [1.807, 2.05) is 0 Å². The summed E-state index contributed by atoms with van der Waals surface area (Å²) in [6, 6.07) is 0.